The third-order valence-electron chi connectivity index (χ3n) is 2.86. The van der Waals surface area contributed by atoms with Gasteiger partial charge in [0.2, 0.25) is 0 Å². The quantitative estimate of drug-likeness (QED) is 0.806. The number of hydrogen-bond donors (Lipinski definition) is 1. The monoisotopic (exact) mass is 271 g/mol. The molecule has 1 saturated heterocycles. The Morgan fingerprint density at radius 3 is 2.06 bits per heavy atom. The second kappa shape index (κ2) is 6.76. The summed E-state index contributed by atoms with van der Waals surface area (Å²) < 4.78 is 27.2. The molecule has 1 aliphatic heterocycles. The minimum Gasteiger partial charge on any atom is -0.328 e. The van der Waals surface area contributed by atoms with Crippen LogP contribution in [0.25, 0.3) is 0 Å². The van der Waals surface area contributed by atoms with Gasteiger partial charge in [0.1, 0.15) is 0 Å². The van der Waals surface area contributed by atoms with E-state index in [2.05, 4.69) is 0 Å². The van der Waals surface area contributed by atoms with Gasteiger partial charge in [0.25, 0.3) is 10.2 Å². The van der Waals surface area contributed by atoms with Crippen molar-refractivity contribution in [3.63, 3.8) is 0 Å². The molecule has 1 rings (SSSR count). The van der Waals surface area contributed by atoms with Crippen molar-refractivity contribution in [1.82, 2.24) is 8.61 Å². The topological polar surface area (TPSA) is 66.6 Å². The number of halogens is 1. The van der Waals surface area contributed by atoms with Crippen LogP contribution in [0.2, 0.25) is 0 Å². The predicted octanol–water partition coefficient (Wildman–Crippen LogP) is 0.418. The SMILES string of the molecule is CCN(CC)S(=O)(=O)N1CCC(N)CC1.Cl. The Hall–Kier alpha value is 0.120. The first kappa shape index (κ1) is 16.1. The van der Waals surface area contributed by atoms with Gasteiger partial charge in [-0.3, -0.25) is 0 Å². The Balaban J connectivity index is 0.00000225. The lowest BCUT2D eigenvalue weighted by atomic mass is 10.1. The fourth-order valence-corrected chi connectivity index (χ4v) is 3.47. The van der Waals surface area contributed by atoms with Crippen LogP contribution in [0.15, 0.2) is 0 Å². The number of nitrogens with zero attached hydrogens (tertiary/aromatic N) is 2. The third-order valence-corrected chi connectivity index (χ3v) is 5.04. The molecule has 1 aliphatic rings. The van der Waals surface area contributed by atoms with Crippen LogP contribution in [-0.2, 0) is 10.2 Å². The normalized spacial score (nSPS) is 19.8. The maximum absolute atomic E-state index is 12.1. The van der Waals surface area contributed by atoms with Crippen LogP contribution >= 0.6 is 12.4 Å². The van der Waals surface area contributed by atoms with Crippen molar-refractivity contribution < 1.29 is 8.42 Å². The van der Waals surface area contributed by atoms with E-state index < -0.39 is 10.2 Å². The molecule has 2 N–H and O–H groups in total. The van der Waals surface area contributed by atoms with Crippen LogP contribution < -0.4 is 5.73 Å². The van der Waals surface area contributed by atoms with Crippen LogP contribution in [0.5, 0.6) is 0 Å². The molecule has 0 aromatic carbocycles. The number of nitrogens with two attached hydrogens (primary N) is 1. The van der Waals surface area contributed by atoms with E-state index in [4.69, 9.17) is 5.73 Å². The summed E-state index contributed by atoms with van der Waals surface area (Å²) in [5.74, 6) is 0. The highest BCUT2D eigenvalue weighted by molar-refractivity contribution is 7.86. The smallest absolute Gasteiger partial charge is 0.281 e. The summed E-state index contributed by atoms with van der Waals surface area (Å²) in [5, 5.41) is 0. The molecule has 5 nitrogen and oxygen atoms in total. The van der Waals surface area contributed by atoms with Crippen molar-refractivity contribution in [1.29, 1.82) is 0 Å². The summed E-state index contributed by atoms with van der Waals surface area (Å²) in [6, 6.07) is 0.160. The van der Waals surface area contributed by atoms with E-state index in [0.717, 1.165) is 12.8 Å². The molecule has 0 aromatic rings. The lowest BCUT2D eigenvalue weighted by Crippen LogP contribution is -2.49. The van der Waals surface area contributed by atoms with Crippen LogP contribution in [-0.4, -0.2) is 49.2 Å². The number of piperidine rings is 1. The molecule has 98 valence electrons. The zero-order valence-corrected chi connectivity index (χ0v) is 11.6. The first-order valence-electron chi connectivity index (χ1n) is 5.53. The molecule has 7 heteroatoms. The first-order valence-corrected chi connectivity index (χ1v) is 6.92. The maximum Gasteiger partial charge on any atom is 0.281 e. The van der Waals surface area contributed by atoms with Crippen molar-refractivity contribution in [3.05, 3.63) is 0 Å². The van der Waals surface area contributed by atoms with Crippen molar-refractivity contribution in [2.24, 2.45) is 5.73 Å². The zero-order valence-electron chi connectivity index (χ0n) is 9.92. The second-order valence-electron chi connectivity index (χ2n) is 3.83. The van der Waals surface area contributed by atoms with E-state index >= 15 is 0 Å². The number of rotatable bonds is 4. The predicted molar refractivity (Wildman–Crippen MR) is 67.9 cm³/mol. The molecule has 1 heterocycles. The van der Waals surface area contributed by atoms with Crippen LogP contribution in [0.4, 0.5) is 0 Å². The molecular formula is C9H22ClN3O2S. The molecule has 0 bridgehead atoms. The van der Waals surface area contributed by atoms with Gasteiger partial charge in [0.05, 0.1) is 0 Å². The van der Waals surface area contributed by atoms with Crippen molar-refractivity contribution >= 4 is 22.6 Å². The van der Waals surface area contributed by atoms with Gasteiger partial charge in [-0.25, -0.2) is 0 Å². The summed E-state index contributed by atoms with van der Waals surface area (Å²) in [7, 11) is -3.24. The number of hydrogen-bond acceptors (Lipinski definition) is 3. The standard InChI is InChI=1S/C9H21N3O2S.ClH/c1-3-11(4-2)15(13,14)12-7-5-9(10)6-8-12;/h9H,3-8,10H2,1-2H3;1H. The minimum atomic E-state index is -3.24. The van der Waals surface area contributed by atoms with Gasteiger partial charge < -0.3 is 5.73 Å². The molecule has 0 spiro atoms. The van der Waals surface area contributed by atoms with E-state index in [0.29, 0.717) is 26.2 Å². The maximum atomic E-state index is 12.1. The van der Waals surface area contributed by atoms with Gasteiger partial charge in [-0.1, -0.05) is 13.8 Å². The Morgan fingerprint density at radius 1 is 1.25 bits per heavy atom. The van der Waals surface area contributed by atoms with Gasteiger partial charge in [-0.2, -0.15) is 17.0 Å². The summed E-state index contributed by atoms with van der Waals surface area (Å²) in [4.78, 5) is 0. The fraction of sp³-hybridized carbons (Fsp3) is 1.00. The van der Waals surface area contributed by atoms with E-state index in [1.54, 1.807) is 4.31 Å². The Kier molecular flexibility index (Phi) is 6.81. The summed E-state index contributed by atoms with van der Waals surface area (Å²) >= 11 is 0. The van der Waals surface area contributed by atoms with Crippen LogP contribution in [0.1, 0.15) is 26.7 Å². The molecular weight excluding hydrogens is 250 g/mol. The van der Waals surface area contributed by atoms with Crippen molar-refractivity contribution in [2.45, 2.75) is 32.7 Å². The molecule has 0 amide bonds. The average Bonchev–Trinajstić information content (AvgIpc) is 2.19. The van der Waals surface area contributed by atoms with Crippen LogP contribution in [0.3, 0.4) is 0 Å². The van der Waals surface area contributed by atoms with Gasteiger partial charge in [-0.15, -0.1) is 12.4 Å². The molecule has 0 atom stereocenters. The summed E-state index contributed by atoms with van der Waals surface area (Å²) in [6.07, 6.45) is 1.53. The zero-order chi connectivity index (χ0) is 11.5. The minimum absolute atomic E-state index is 0. The van der Waals surface area contributed by atoms with E-state index in [-0.39, 0.29) is 18.4 Å². The molecule has 1 fully saturated rings. The fourth-order valence-electron chi connectivity index (χ4n) is 1.82. The highest BCUT2D eigenvalue weighted by Gasteiger charge is 2.30. The highest BCUT2D eigenvalue weighted by atomic mass is 35.5. The largest absolute Gasteiger partial charge is 0.328 e. The lowest BCUT2D eigenvalue weighted by molar-refractivity contribution is 0.292. The van der Waals surface area contributed by atoms with Gasteiger partial charge in [0.15, 0.2) is 0 Å². The Bertz CT molecular complexity index is 285. The average molecular weight is 272 g/mol. The molecule has 0 aliphatic carbocycles. The van der Waals surface area contributed by atoms with E-state index in [9.17, 15) is 8.42 Å². The summed E-state index contributed by atoms with van der Waals surface area (Å²) in [6.45, 7) is 5.89. The molecule has 0 aromatic heterocycles. The second-order valence-corrected chi connectivity index (χ2v) is 5.76. The van der Waals surface area contributed by atoms with E-state index in [1.807, 2.05) is 13.8 Å². The van der Waals surface area contributed by atoms with Gasteiger partial charge in [-0.05, 0) is 12.8 Å². The molecule has 0 radical (unpaired) electrons. The van der Waals surface area contributed by atoms with E-state index in [1.165, 1.54) is 4.31 Å². The lowest BCUT2D eigenvalue weighted by Gasteiger charge is -2.33. The van der Waals surface area contributed by atoms with Gasteiger partial charge in [0, 0.05) is 32.2 Å². The Labute approximate surface area is 105 Å². The Morgan fingerprint density at radius 2 is 1.69 bits per heavy atom. The van der Waals surface area contributed by atoms with Gasteiger partial charge >= 0.3 is 0 Å². The summed E-state index contributed by atoms with van der Waals surface area (Å²) in [5.41, 5.74) is 5.75. The third kappa shape index (κ3) is 3.56. The van der Waals surface area contributed by atoms with Crippen LogP contribution in [0, 0.1) is 0 Å². The molecule has 16 heavy (non-hydrogen) atoms. The van der Waals surface area contributed by atoms with Crippen molar-refractivity contribution in [2.75, 3.05) is 26.2 Å². The van der Waals surface area contributed by atoms with Crippen molar-refractivity contribution in [3.8, 4) is 0 Å². The molecule has 0 saturated carbocycles. The molecule has 0 unspecified atom stereocenters. The first-order chi connectivity index (χ1) is 7.02. The highest BCUT2D eigenvalue weighted by Crippen LogP contribution is 2.15.